The summed E-state index contributed by atoms with van der Waals surface area (Å²) in [5.41, 5.74) is -0.0751. The van der Waals surface area contributed by atoms with Gasteiger partial charge in [0, 0.05) is 19.0 Å². The van der Waals surface area contributed by atoms with Crippen molar-refractivity contribution in [3.05, 3.63) is 43.8 Å². The summed E-state index contributed by atoms with van der Waals surface area (Å²) in [5.74, 6) is -1.37. The van der Waals surface area contributed by atoms with E-state index in [-0.39, 0.29) is 44.9 Å². The Morgan fingerprint density at radius 3 is 2.83 bits per heavy atom. The third-order valence-corrected chi connectivity index (χ3v) is 4.86. The van der Waals surface area contributed by atoms with E-state index >= 15 is 0 Å². The third kappa shape index (κ3) is 4.11. The van der Waals surface area contributed by atoms with Crippen molar-refractivity contribution in [1.29, 1.82) is 0 Å². The minimum atomic E-state index is -0.956. The summed E-state index contributed by atoms with van der Waals surface area (Å²) in [6.45, 7) is 0.179. The van der Waals surface area contributed by atoms with Crippen molar-refractivity contribution >= 4 is 63.5 Å². The zero-order valence-electron chi connectivity index (χ0n) is 12.1. The van der Waals surface area contributed by atoms with Gasteiger partial charge in [-0.25, -0.2) is 0 Å². The predicted molar refractivity (Wildman–Crippen MR) is 94.9 cm³/mol. The number of thiocarbonyl (C=S) groups is 1. The summed E-state index contributed by atoms with van der Waals surface area (Å²) in [6.07, 6.45) is 1.53. The molecule has 1 aliphatic rings. The summed E-state index contributed by atoms with van der Waals surface area (Å²) < 4.78 is 0.284. The molecule has 1 aromatic carbocycles. The fourth-order valence-electron chi connectivity index (χ4n) is 2.04. The lowest BCUT2D eigenvalue weighted by molar-refractivity contribution is -0.385. The number of carbonyl (C=O) groups excluding carboxylic acids is 1. The van der Waals surface area contributed by atoms with Gasteiger partial charge in [0.1, 0.15) is 4.32 Å². The maximum atomic E-state index is 12.4. The molecule has 1 heterocycles. The van der Waals surface area contributed by atoms with Crippen LogP contribution in [0.15, 0.2) is 23.1 Å². The van der Waals surface area contributed by atoms with Crippen molar-refractivity contribution in [2.24, 2.45) is 0 Å². The molecule has 1 aromatic rings. The summed E-state index contributed by atoms with van der Waals surface area (Å²) in [5, 5.41) is 19.9. The minimum absolute atomic E-state index is 0.0773. The molecular weight excluding hydrogens is 376 g/mol. The number of thioether (sulfide) groups is 1. The molecular formula is C14H11ClN2O5S2. The fourth-order valence-corrected chi connectivity index (χ4v) is 3.55. The van der Waals surface area contributed by atoms with Gasteiger partial charge in [0.2, 0.25) is 0 Å². The molecule has 0 saturated carbocycles. The van der Waals surface area contributed by atoms with E-state index in [1.165, 1.54) is 29.2 Å². The first-order chi connectivity index (χ1) is 11.3. The van der Waals surface area contributed by atoms with Gasteiger partial charge in [-0.15, -0.1) is 0 Å². The SMILES string of the molecule is O=C(O)CCCN1C(=O)C(=Cc2c(Cl)cccc2[N+](=O)[O-])SC1=S. The molecule has 0 spiro atoms. The average molecular weight is 387 g/mol. The average Bonchev–Trinajstić information content (AvgIpc) is 2.76. The van der Waals surface area contributed by atoms with Crippen LogP contribution in [-0.2, 0) is 9.59 Å². The summed E-state index contributed by atoms with van der Waals surface area (Å²) >= 11 is 12.1. The molecule has 0 radical (unpaired) electrons. The monoisotopic (exact) mass is 386 g/mol. The molecule has 1 aliphatic heterocycles. The van der Waals surface area contributed by atoms with Gasteiger partial charge in [-0.3, -0.25) is 24.6 Å². The molecule has 1 amide bonds. The highest BCUT2D eigenvalue weighted by Crippen LogP contribution is 2.36. The Morgan fingerprint density at radius 1 is 1.50 bits per heavy atom. The lowest BCUT2D eigenvalue weighted by atomic mass is 10.1. The summed E-state index contributed by atoms with van der Waals surface area (Å²) in [4.78, 5) is 34.9. The van der Waals surface area contributed by atoms with Gasteiger partial charge < -0.3 is 5.11 Å². The van der Waals surface area contributed by atoms with Gasteiger partial charge in [-0.1, -0.05) is 41.6 Å². The molecule has 1 fully saturated rings. The second-order valence-corrected chi connectivity index (χ2v) is 6.84. The summed E-state index contributed by atoms with van der Waals surface area (Å²) in [7, 11) is 0. The lowest BCUT2D eigenvalue weighted by Gasteiger charge is -2.13. The number of amides is 1. The van der Waals surface area contributed by atoms with Crippen LogP contribution in [0.5, 0.6) is 0 Å². The zero-order valence-corrected chi connectivity index (χ0v) is 14.5. The number of nitrogens with zero attached hydrogens (tertiary/aromatic N) is 2. The standard InChI is InChI=1S/C14H11ClN2O5S2/c15-9-3-1-4-10(17(21)22)8(9)7-11-13(20)16(14(23)24-11)6-2-5-12(18)19/h1,3-4,7H,2,5-6H2,(H,18,19). The Morgan fingerprint density at radius 2 is 2.21 bits per heavy atom. The Kier molecular flexibility index (Phi) is 5.92. The molecule has 1 saturated heterocycles. The van der Waals surface area contributed by atoms with Gasteiger partial charge in [0.05, 0.1) is 20.4 Å². The van der Waals surface area contributed by atoms with Gasteiger partial charge >= 0.3 is 5.97 Å². The van der Waals surface area contributed by atoms with Crippen LogP contribution in [-0.4, -0.2) is 37.7 Å². The van der Waals surface area contributed by atoms with Crippen molar-refractivity contribution in [2.45, 2.75) is 12.8 Å². The van der Waals surface area contributed by atoms with Crippen LogP contribution >= 0.6 is 35.6 Å². The quantitative estimate of drug-likeness (QED) is 0.346. The van der Waals surface area contributed by atoms with Crippen LogP contribution in [0.2, 0.25) is 5.02 Å². The first kappa shape index (κ1) is 18.4. The number of hydrogen-bond donors (Lipinski definition) is 1. The molecule has 7 nitrogen and oxygen atoms in total. The molecule has 10 heteroatoms. The van der Waals surface area contributed by atoms with Crippen LogP contribution in [0.3, 0.4) is 0 Å². The minimum Gasteiger partial charge on any atom is -0.481 e. The Labute approximate surface area is 151 Å². The Hall–Kier alpha value is -1.97. The topological polar surface area (TPSA) is 101 Å². The molecule has 126 valence electrons. The van der Waals surface area contributed by atoms with Crippen molar-refractivity contribution in [3.8, 4) is 0 Å². The third-order valence-electron chi connectivity index (χ3n) is 3.15. The van der Waals surface area contributed by atoms with E-state index in [9.17, 15) is 19.7 Å². The fraction of sp³-hybridized carbons (Fsp3) is 0.214. The van der Waals surface area contributed by atoms with Crippen molar-refractivity contribution in [1.82, 2.24) is 4.90 Å². The first-order valence-electron chi connectivity index (χ1n) is 6.71. The van der Waals surface area contributed by atoms with Crippen molar-refractivity contribution < 1.29 is 19.6 Å². The number of carboxylic acid groups (broad SMARTS) is 1. The van der Waals surface area contributed by atoms with E-state index in [0.29, 0.717) is 0 Å². The molecule has 1 N–H and O–H groups in total. The maximum absolute atomic E-state index is 12.4. The molecule has 24 heavy (non-hydrogen) atoms. The van der Waals surface area contributed by atoms with Gasteiger partial charge in [0.25, 0.3) is 11.6 Å². The second-order valence-electron chi connectivity index (χ2n) is 4.76. The van der Waals surface area contributed by atoms with Gasteiger partial charge in [-0.2, -0.15) is 0 Å². The number of carboxylic acids is 1. The number of aliphatic carboxylic acids is 1. The number of nitro benzene ring substituents is 1. The van der Waals surface area contributed by atoms with Gasteiger partial charge in [-0.05, 0) is 18.6 Å². The molecule has 2 rings (SSSR count). The van der Waals surface area contributed by atoms with Gasteiger partial charge in [0.15, 0.2) is 0 Å². The van der Waals surface area contributed by atoms with Crippen LogP contribution in [0.25, 0.3) is 6.08 Å². The number of benzene rings is 1. The molecule has 0 atom stereocenters. The Balaban J connectivity index is 2.26. The van der Waals surface area contributed by atoms with Crippen molar-refractivity contribution in [3.63, 3.8) is 0 Å². The van der Waals surface area contributed by atoms with E-state index in [0.717, 1.165) is 11.8 Å². The molecule has 0 bridgehead atoms. The van der Waals surface area contributed by atoms with E-state index in [4.69, 9.17) is 28.9 Å². The summed E-state index contributed by atoms with van der Waals surface area (Å²) in [6, 6.07) is 4.24. The van der Waals surface area contributed by atoms with E-state index in [2.05, 4.69) is 0 Å². The van der Waals surface area contributed by atoms with E-state index < -0.39 is 16.8 Å². The zero-order chi connectivity index (χ0) is 17.9. The largest absolute Gasteiger partial charge is 0.481 e. The first-order valence-corrected chi connectivity index (χ1v) is 8.31. The predicted octanol–water partition coefficient (Wildman–Crippen LogP) is 3.31. The van der Waals surface area contributed by atoms with E-state index in [1.807, 2.05) is 0 Å². The highest BCUT2D eigenvalue weighted by atomic mass is 35.5. The lowest BCUT2D eigenvalue weighted by Crippen LogP contribution is -2.29. The van der Waals surface area contributed by atoms with Crippen LogP contribution in [0.1, 0.15) is 18.4 Å². The number of halogens is 1. The molecule has 0 aromatic heterocycles. The maximum Gasteiger partial charge on any atom is 0.303 e. The highest BCUT2D eigenvalue weighted by molar-refractivity contribution is 8.26. The van der Waals surface area contributed by atoms with E-state index in [1.54, 1.807) is 0 Å². The number of nitro groups is 1. The second kappa shape index (κ2) is 7.73. The van der Waals surface area contributed by atoms with Crippen molar-refractivity contribution in [2.75, 3.05) is 6.54 Å². The number of carbonyl (C=O) groups is 2. The number of rotatable bonds is 6. The van der Waals surface area contributed by atoms with Crippen LogP contribution < -0.4 is 0 Å². The van der Waals surface area contributed by atoms with Crippen LogP contribution in [0.4, 0.5) is 5.69 Å². The Bertz CT molecular complexity index is 766. The molecule has 0 unspecified atom stereocenters. The van der Waals surface area contributed by atoms with Crippen LogP contribution in [0, 0.1) is 10.1 Å². The molecule has 0 aliphatic carbocycles. The smallest absolute Gasteiger partial charge is 0.303 e. The number of hydrogen-bond acceptors (Lipinski definition) is 6. The highest BCUT2D eigenvalue weighted by Gasteiger charge is 2.32. The normalized spacial score (nSPS) is 16.0.